The van der Waals surface area contributed by atoms with Gasteiger partial charge in [0.15, 0.2) is 0 Å². The number of azide groups is 1. The van der Waals surface area contributed by atoms with Crippen molar-refractivity contribution < 1.29 is 28.8 Å². The molecule has 0 saturated carbocycles. The number of nitrogens with zero attached hydrogens (tertiary/aromatic N) is 6. The molecule has 0 unspecified atom stereocenters. The van der Waals surface area contributed by atoms with Crippen LogP contribution in [0.4, 0.5) is 0 Å². The van der Waals surface area contributed by atoms with Crippen molar-refractivity contribution in [2.45, 2.75) is 126 Å². The van der Waals surface area contributed by atoms with Crippen LogP contribution in [0.25, 0.3) is 32.7 Å². The normalized spacial score (nSPS) is 18.4. The Kier molecular flexibility index (Phi) is 16.7. The third-order valence-corrected chi connectivity index (χ3v) is 14.8. The van der Waals surface area contributed by atoms with Gasteiger partial charge in [-0.05, 0) is 109 Å². The molecule has 0 aromatic heterocycles. The molecule has 2 fully saturated rings. The Morgan fingerprint density at radius 2 is 1.11 bits per heavy atom. The van der Waals surface area contributed by atoms with E-state index in [0.29, 0.717) is 70.9 Å². The van der Waals surface area contributed by atoms with Crippen molar-refractivity contribution in [2.75, 3.05) is 26.8 Å². The SMILES string of the molecule is CN[C@@H](C)C(=O)N[C@@H](CCCCCC[C@H](NC(=O)[C@H](C)NCN=[N+]=[N-])C(=O)N1CCC[C@H]1C(=O)N(N)C1c2ccccc2-c2ccccc21)C(=O)N1CCC[C@H]1C(=O)NC1c2ccccc2-c2ccccc21. The molecule has 4 aromatic rings. The standard InChI is InChI=1S/C54H66N12O6/c1-33(57-3)49(67)60-43(52(70)64-30-16-28-45(64)51(69)62-47-39-22-12-8-18-35(39)36-19-9-13-23-40(36)47)26-6-4-5-7-27-44(61-50(68)34(2)58-32-59-63-55)53(71)65-31-17-29-46(65)54(72)66(56)48-41-24-14-10-20-37(41)38-21-11-15-25-42(38)48/h8-15,18-25,33-34,43-48,57-58H,4-7,16-17,26-32,56H2,1-3H3,(H,60,67)(H,61,68)(H,62,69)/t33-,34-,43-,44-,45-,46-/m0/s1. The summed E-state index contributed by atoms with van der Waals surface area (Å²) in [5, 5.41) is 19.6. The zero-order valence-electron chi connectivity index (χ0n) is 41.3. The predicted octanol–water partition coefficient (Wildman–Crippen LogP) is 5.49. The molecular formula is C54H66N12O6. The third kappa shape index (κ3) is 10.9. The van der Waals surface area contributed by atoms with Crippen molar-refractivity contribution in [3.05, 3.63) is 130 Å². The number of carbonyl (C=O) groups excluding carboxylic acids is 6. The first-order valence-electron chi connectivity index (χ1n) is 25.3. The molecule has 18 heteroatoms. The second kappa shape index (κ2) is 23.4. The van der Waals surface area contributed by atoms with Crippen molar-refractivity contribution in [2.24, 2.45) is 11.0 Å². The van der Waals surface area contributed by atoms with Crippen LogP contribution in [0, 0.1) is 0 Å². The van der Waals surface area contributed by atoms with Crippen molar-refractivity contribution in [3.63, 3.8) is 0 Å². The van der Waals surface area contributed by atoms with Gasteiger partial charge in [0.25, 0.3) is 5.91 Å². The summed E-state index contributed by atoms with van der Waals surface area (Å²) in [4.78, 5) is 90.3. The zero-order chi connectivity index (χ0) is 50.9. The first kappa shape index (κ1) is 51.3. The molecule has 0 radical (unpaired) electrons. The summed E-state index contributed by atoms with van der Waals surface area (Å²) < 4.78 is 0. The first-order valence-corrected chi connectivity index (χ1v) is 25.3. The highest BCUT2D eigenvalue weighted by molar-refractivity contribution is 5.95. The first-order chi connectivity index (χ1) is 34.9. The van der Waals surface area contributed by atoms with Crippen LogP contribution in [-0.2, 0) is 28.8 Å². The van der Waals surface area contributed by atoms with Crippen LogP contribution < -0.4 is 32.4 Å². The minimum Gasteiger partial charge on any atom is -0.343 e. The highest BCUT2D eigenvalue weighted by Crippen LogP contribution is 2.46. The van der Waals surface area contributed by atoms with Crippen LogP contribution in [0.5, 0.6) is 0 Å². The Bertz CT molecular complexity index is 2620. The molecule has 0 bridgehead atoms. The number of nitrogens with two attached hydrogens (primary N) is 1. The van der Waals surface area contributed by atoms with Crippen molar-refractivity contribution in [1.29, 1.82) is 0 Å². The van der Waals surface area contributed by atoms with Gasteiger partial charge in [-0.1, -0.05) is 128 Å². The van der Waals surface area contributed by atoms with Gasteiger partial charge in [0.1, 0.15) is 24.2 Å². The van der Waals surface area contributed by atoms with E-state index in [-0.39, 0.29) is 42.8 Å². The maximum absolute atomic E-state index is 14.6. The number of hydrazine groups is 1. The molecule has 18 nitrogen and oxygen atoms in total. The van der Waals surface area contributed by atoms with Gasteiger partial charge >= 0.3 is 0 Å². The van der Waals surface area contributed by atoms with Crippen molar-refractivity contribution >= 4 is 35.4 Å². The Morgan fingerprint density at radius 1 is 0.667 bits per heavy atom. The second-order valence-electron chi connectivity index (χ2n) is 19.3. The van der Waals surface area contributed by atoms with E-state index in [1.54, 1.807) is 30.7 Å². The molecule has 0 spiro atoms. The maximum Gasteiger partial charge on any atom is 0.260 e. The minimum absolute atomic E-state index is 0.125. The number of nitrogens with one attached hydrogen (secondary N) is 5. The average Bonchev–Trinajstić information content (AvgIpc) is 4.22. The predicted molar refractivity (Wildman–Crippen MR) is 273 cm³/mol. The van der Waals surface area contributed by atoms with Gasteiger partial charge in [-0.2, -0.15) is 0 Å². The van der Waals surface area contributed by atoms with E-state index in [2.05, 4.69) is 48.7 Å². The Morgan fingerprint density at radius 3 is 1.61 bits per heavy atom. The summed E-state index contributed by atoms with van der Waals surface area (Å²) in [7, 11) is 1.67. The van der Waals surface area contributed by atoms with E-state index in [1.165, 1.54) is 5.01 Å². The highest BCUT2D eigenvalue weighted by atomic mass is 16.2. The molecule has 6 atom stereocenters. The number of likely N-dealkylation sites (N-methyl/N-ethyl adjacent to an activating group) is 1. The van der Waals surface area contributed by atoms with E-state index in [9.17, 15) is 28.8 Å². The number of carbonyl (C=O) groups is 6. The van der Waals surface area contributed by atoms with E-state index >= 15 is 0 Å². The summed E-state index contributed by atoms with van der Waals surface area (Å²) in [5.74, 6) is 4.62. The van der Waals surface area contributed by atoms with Gasteiger partial charge in [0, 0.05) is 18.0 Å². The zero-order valence-corrected chi connectivity index (χ0v) is 41.3. The molecule has 4 aliphatic rings. The summed E-state index contributed by atoms with van der Waals surface area (Å²) in [6.07, 6.45) is 5.07. The van der Waals surface area contributed by atoms with Crippen molar-refractivity contribution in [1.82, 2.24) is 41.4 Å². The number of likely N-dealkylation sites (tertiary alicyclic amines) is 2. The molecule has 2 aliphatic carbocycles. The summed E-state index contributed by atoms with van der Waals surface area (Å²) in [6.45, 7) is 3.90. The number of unbranched alkanes of at least 4 members (excludes halogenated alkanes) is 3. The summed E-state index contributed by atoms with van der Waals surface area (Å²) in [5.41, 5.74) is 16.7. The topological polar surface area (TPSA) is 247 Å². The fourth-order valence-corrected chi connectivity index (χ4v) is 10.9. The molecule has 8 rings (SSSR count). The smallest absolute Gasteiger partial charge is 0.260 e. The number of hydrogen-bond donors (Lipinski definition) is 6. The summed E-state index contributed by atoms with van der Waals surface area (Å²) in [6, 6.07) is 26.1. The van der Waals surface area contributed by atoms with Gasteiger partial charge in [-0.3, -0.25) is 33.8 Å². The monoisotopic (exact) mass is 979 g/mol. The Balaban J connectivity index is 0.909. The number of fused-ring (bicyclic) bond motifs is 6. The molecule has 2 saturated heterocycles. The molecule has 6 amide bonds. The van der Waals surface area contributed by atoms with Crippen LogP contribution >= 0.6 is 0 Å². The van der Waals surface area contributed by atoms with Crippen LogP contribution in [0.15, 0.2) is 102 Å². The quantitative estimate of drug-likeness (QED) is 0.0117. The van der Waals surface area contributed by atoms with Gasteiger partial charge in [-0.15, -0.1) is 0 Å². The number of amides is 6. The largest absolute Gasteiger partial charge is 0.343 e. The van der Waals surface area contributed by atoms with Crippen LogP contribution in [0.3, 0.4) is 0 Å². The molecule has 2 aliphatic heterocycles. The Labute approximate surface area is 420 Å². The number of hydrogen-bond acceptors (Lipinski definition) is 10. The highest BCUT2D eigenvalue weighted by Gasteiger charge is 2.44. The van der Waals surface area contributed by atoms with Crippen molar-refractivity contribution in [3.8, 4) is 22.3 Å². The van der Waals surface area contributed by atoms with Gasteiger partial charge in [-0.25, -0.2) is 5.84 Å². The van der Waals surface area contributed by atoms with Gasteiger partial charge in [0.05, 0.1) is 30.8 Å². The fourth-order valence-electron chi connectivity index (χ4n) is 10.9. The molecular weight excluding hydrogens is 913 g/mol. The molecule has 378 valence electrons. The lowest BCUT2D eigenvalue weighted by molar-refractivity contribution is -0.147. The third-order valence-electron chi connectivity index (χ3n) is 14.8. The Hall–Kier alpha value is -7.11. The number of rotatable bonds is 21. The van der Waals surface area contributed by atoms with Crippen LogP contribution in [-0.4, -0.2) is 113 Å². The second-order valence-corrected chi connectivity index (χ2v) is 19.3. The van der Waals surface area contributed by atoms with Gasteiger partial charge < -0.3 is 36.4 Å². The number of benzene rings is 4. The molecule has 4 aromatic carbocycles. The average molecular weight is 979 g/mol. The molecule has 2 heterocycles. The van der Waals surface area contributed by atoms with E-state index in [0.717, 1.165) is 44.5 Å². The lowest BCUT2D eigenvalue weighted by atomic mass is 10.0. The summed E-state index contributed by atoms with van der Waals surface area (Å²) >= 11 is 0. The van der Waals surface area contributed by atoms with E-state index in [4.69, 9.17) is 11.4 Å². The van der Waals surface area contributed by atoms with Crippen LogP contribution in [0.1, 0.15) is 112 Å². The molecule has 7 N–H and O–H groups in total. The molecule has 72 heavy (non-hydrogen) atoms. The fraction of sp³-hybridized carbons (Fsp3) is 0.444. The minimum atomic E-state index is -0.977. The van der Waals surface area contributed by atoms with E-state index in [1.807, 2.05) is 84.9 Å². The lowest BCUT2D eigenvalue weighted by Crippen LogP contribution is -2.57. The maximum atomic E-state index is 14.6. The van der Waals surface area contributed by atoms with Crippen LogP contribution in [0.2, 0.25) is 0 Å². The van der Waals surface area contributed by atoms with E-state index < -0.39 is 54.1 Å². The van der Waals surface area contributed by atoms with Gasteiger partial charge in [0.2, 0.25) is 29.5 Å². The lowest BCUT2D eigenvalue weighted by Gasteiger charge is -2.33.